The van der Waals surface area contributed by atoms with E-state index in [1.165, 1.54) is 47.3 Å². The highest BCUT2D eigenvalue weighted by atomic mass is 32.2. The minimum Gasteiger partial charge on any atom is -0.303 e. The summed E-state index contributed by atoms with van der Waals surface area (Å²) in [7, 11) is -4.79. The summed E-state index contributed by atoms with van der Waals surface area (Å²) in [6, 6.07) is 11.7. The van der Waals surface area contributed by atoms with Crippen molar-refractivity contribution in [2.45, 2.75) is 29.7 Å². The number of amides is 3. The summed E-state index contributed by atoms with van der Waals surface area (Å²) in [5.41, 5.74) is -3.41. The minimum absolute atomic E-state index is 0.357. The quantitative estimate of drug-likeness (QED) is 0.717. The summed E-state index contributed by atoms with van der Waals surface area (Å²) < 4.78 is 68.2. The SMILES string of the molecule is C[C@H](c1ccccc1)N1C(=O)N[C@](NS(=O)(=O)c2ccccc2)(C(F)(F)F)C1=O. The number of nitrogens with zero attached hydrogens (tertiary/aromatic N) is 1. The van der Waals surface area contributed by atoms with E-state index in [0.29, 0.717) is 10.5 Å². The van der Waals surface area contributed by atoms with E-state index in [9.17, 15) is 31.2 Å². The first-order valence-corrected chi connectivity index (χ1v) is 9.84. The molecule has 0 aromatic heterocycles. The van der Waals surface area contributed by atoms with E-state index < -0.39 is 44.7 Å². The predicted octanol–water partition coefficient (Wildman–Crippen LogP) is 2.54. The number of rotatable bonds is 5. The lowest BCUT2D eigenvalue weighted by molar-refractivity contribution is -0.198. The summed E-state index contributed by atoms with van der Waals surface area (Å²) in [6.45, 7) is 1.37. The first-order chi connectivity index (χ1) is 13.5. The first kappa shape index (κ1) is 20.8. The first-order valence-electron chi connectivity index (χ1n) is 8.36. The highest BCUT2D eigenvalue weighted by Crippen LogP contribution is 2.38. The standard InChI is InChI=1S/C18H16F3N3O4S/c1-12(13-8-4-2-5-9-13)24-15(25)17(18(19,20)21,22-16(24)26)23-29(27,28)14-10-6-3-7-11-14/h2-12,23H,1H3,(H,22,26)/t12-,17-/m1/s1. The maximum Gasteiger partial charge on any atom is 0.435 e. The summed E-state index contributed by atoms with van der Waals surface area (Å²) in [4.78, 5) is 25.0. The van der Waals surface area contributed by atoms with Gasteiger partial charge in [0, 0.05) is 0 Å². The molecule has 0 radical (unpaired) electrons. The monoisotopic (exact) mass is 427 g/mol. The molecule has 0 aliphatic carbocycles. The van der Waals surface area contributed by atoms with E-state index in [2.05, 4.69) is 0 Å². The van der Waals surface area contributed by atoms with Crippen LogP contribution >= 0.6 is 0 Å². The van der Waals surface area contributed by atoms with Crippen molar-refractivity contribution < 1.29 is 31.2 Å². The predicted molar refractivity (Wildman–Crippen MR) is 95.8 cm³/mol. The molecule has 3 amide bonds. The molecule has 2 aromatic rings. The van der Waals surface area contributed by atoms with Crippen LogP contribution in [0.3, 0.4) is 0 Å². The van der Waals surface area contributed by atoms with Crippen molar-refractivity contribution in [2.75, 3.05) is 0 Å². The molecule has 7 nitrogen and oxygen atoms in total. The third kappa shape index (κ3) is 3.58. The molecule has 154 valence electrons. The number of nitrogens with one attached hydrogen (secondary N) is 2. The maximum absolute atomic E-state index is 13.9. The number of carbonyl (C=O) groups is 2. The van der Waals surface area contributed by atoms with E-state index in [-0.39, 0.29) is 0 Å². The van der Waals surface area contributed by atoms with E-state index in [4.69, 9.17) is 0 Å². The highest BCUT2D eigenvalue weighted by Gasteiger charge is 2.70. The van der Waals surface area contributed by atoms with E-state index in [1.54, 1.807) is 18.2 Å². The Hall–Kier alpha value is -2.92. The minimum atomic E-state index is -5.44. The van der Waals surface area contributed by atoms with Crippen molar-refractivity contribution >= 4 is 22.0 Å². The molecule has 0 bridgehead atoms. The van der Waals surface area contributed by atoms with Crippen molar-refractivity contribution in [1.82, 2.24) is 14.9 Å². The zero-order chi connectivity index (χ0) is 21.4. The number of hydrogen-bond donors (Lipinski definition) is 2. The Morgan fingerprint density at radius 3 is 2.03 bits per heavy atom. The molecule has 0 unspecified atom stereocenters. The molecule has 2 aromatic carbocycles. The van der Waals surface area contributed by atoms with Crippen LogP contribution in [0, 0.1) is 0 Å². The van der Waals surface area contributed by atoms with Crippen molar-refractivity contribution in [3.05, 3.63) is 66.2 Å². The van der Waals surface area contributed by atoms with Crippen LogP contribution in [0.1, 0.15) is 18.5 Å². The van der Waals surface area contributed by atoms with E-state index >= 15 is 0 Å². The summed E-state index contributed by atoms with van der Waals surface area (Å²) >= 11 is 0. The molecule has 0 spiro atoms. The highest BCUT2D eigenvalue weighted by molar-refractivity contribution is 7.89. The molecule has 1 aliphatic rings. The smallest absolute Gasteiger partial charge is 0.303 e. The van der Waals surface area contributed by atoms with Crippen LogP contribution in [-0.2, 0) is 14.8 Å². The number of carbonyl (C=O) groups excluding carboxylic acids is 2. The van der Waals surface area contributed by atoms with Gasteiger partial charge in [0.1, 0.15) is 0 Å². The largest absolute Gasteiger partial charge is 0.435 e. The molecule has 1 saturated heterocycles. The molecule has 3 rings (SSSR count). The lowest BCUT2D eigenvalue weighted by atomic mass is 10.1. The Bertz CT molecular complexity index is 1030. The molecule has 2 N–H and O–H groups in total. The van der Waals surface area contributed by atoms with Crippen molar-refractivity contribution in [1.29, 1.82) is 0 Å². The summed E-state index contributed by atoms with van der Waals surface area (Å²) in [5, 5.41) is 1.51. The van der Waals surface area contributed by atoms with Gasteiger partial charge in [-0.3, -0.25) is 9.69 Å². The Morgan fingerprint density at radius 1 is 1.00 bits per heavy atom. The Labute approximate surface area is 164 Å². The molecule has 1 fully saturated rings. The molecule has 0 saturated carbocycles. The second-order valence-corrected chi connectivity index (χ2v) is 8.04. The van der Waals surface area contributed by atoms with Gasteiger partial charge in [0.2, 0.25) is 10.0 Å². The molecule has 29 heavy (non-hydrogen) atoms. The number of halogens is 3. The van der Waals surface area contributed by atoms with Crippen LogP contribution in [0.15, 0.2) is 65.6 Å². The fourth-order valence-corrected chi connectivity index (χ4v) is 4.25. The molecular formula is C18H16F3N3O4S. The van der Waals surface area contributed by atoms with Crippen LogP contribution in [0.25, 0.3) is 0 Å². The average Bonchev–Trinajstić information content (AvgIpc) is 2.92. The number of alkyl halides is 3. The van der Waals surface area contributed by atoms with Crippen LogP contribution in [0.2, 0.25) is 0 Å². The molecular weight excluding hydrogens is 411 g/mol. The number of imide groups is 1. The zero-order valence-electron chi connectivity index (χ0n) is 15.0. The maximum atomic E-state index is 13.9. The topological polar surface area (TPSA) is 95.6 Å². The van der Waals surface area contributed by atoms with Gasteiger partial charge in [-0.25, -0.2) is 13.2 Å². The van der Waals surface area contributed by atoms with Gasteiger partial charge in [-0.15, -0.1) is 0 Å². The van der Waals surface area contributed by atoms with E-state index in [1.807, 2.05) is 0 Å². The van der Waals surface area contributed by atoms with Crippen molar-refractivity contribution in [3.63, 3.8) is 0 Å². The van der Waals surface area contributed by atoms with Gasteiger partial charge < -0.3 is 5.32 Å². The van der Waals surface area contributed by atoms with Gasteiger partial charge in [-0.05, 0) is 24.6 Å². The van der Waals surface area contributed by atoms with Crippen LogP contribution in [0.4, 0.5) is 18.0 Å². The van der Waals surface area contributed by atoms with Gasteiger partial charge in [0.15, 0.2) is 0 Å². The van der Waals surface area contributed by atoms with Gasteiger partial charge in [0.05, 0.1) is 10.9 Å². The lowest BCUT2D eigenvalue weighted by Crippen LogP contribution is -2.69. The number of hydrogen-bond acceptors (Lipinski definition) is 4. The number of sulfonamides is 1. The number of urea groups is 1. The third-order valence-corrected chi connectivity index (χ3v) is 5.96. The Balaban J connectivity index is 2.04. The summed E-state index contributed by atoms with van der Waals surface area (Å²) in [5.74, 6) is -1.76. The van der Waals surface area contributed by atoms with E-state index in [0.717, 1.165) is 12.1 Å². The molecule has 1 aliphatic heterocycles. The normalized spacial score (nSPS) is 21.2. The summed E-state index contributed by atoms with van der Waals surface area (Å²) in [6.07, 6.45) is -5.44. The molecule has 11 heteroatoms. The van der Waals surface area contributed by atoms with Crippen molar-refractivity contribution in [2.24, 2.45) is 0 Å². The Morgan fingerprint density at radius 2 is 1.52 bits per heavy atom. The Kier molecular flexibility index (Phi) is 5.13. The third-order valence-electron chi connectivity index (χ3n) is 4.49. The molecule has 2 atom stereocenters. The average molecular weight is 427 g/mol. The molecule has 1 heterocycles. The van der Waals surface area contributed by atoms with Gasteiger partial charge >= 0.3 is 12.2 Å². The van der Waals surface area contributed by atoms with Crippen LogP contribution < -0.4 is 10.0 Å². The second-order valence-electron chi connectivity index (χ2n) is 6.36. The van der Waals surface area contributed by atoms with Crippen LogP contribution in [0.5, 0.6) is 0 Å². The van der Waals surface area contributed by atoms with Crippen LogP contribution in [-0.4, -0.2) is 37.1 Å². The zero-order valence-corrected chi connectivity index (χ0v) is 15.8. The fourth-order valence-electron chi connectivity index (χ4n) is 2.96. The fraction of sp³-hybridized carbons (Fsp3) is 0.222. The number of benzene rings is 2. The van der Waals surface area contributed by atoms with Gasteiger partial charge in [-0.1, -0.05) is 48.5 Å². The van der Waals surface area contributed by atoms with Gasteiger partial charge in [0.25, 0.3) is 11.6 Å². The second kappa shape index (κ2) is 7.16. The van der Waals surface area contributed by atoms with Gasteiger partial charge in [-0.2, -0.15) is 17.9 Å². The van der Waals surface area contributed by atoms with Crippen molar-refractivity contribution in [3.8, 4) is 0 Å². The lowest BCUT2D eigenvalue weighted by Gasteiger charge is -2.30.